The smallest absolute Gasteiger partial charge is 0.323 e. The Morgan fingerprint density at radius 1 is 1.50 bits per heavy atom. The van der Waals surface area contributed by atoms with Gasteiger partial charge in [0.1, 0.15) is 17.9 Å². The van der Waals surface area contributed by atoms with E-state index in [1.54, 1.807) is 0 Å². The van der Waals surface area contributed by atoms with E-state index in [9.17, 15) is 4.79 Å². The lowest BCUT2D eigenvalue weighted by atomic mass is 10.1. The molecular formula is C14H19Cl2NO3. The molecule has 20 heavy (non-hydrogen) atoms. The quantitative estimate of drug-likeness (QED) is 0.867. The van der Waals surface area contributed by atoms with Crippen molar-refractivity contribution in [3.05, 3.63) is 28.8 Å². The van der Waals surface area contributed by atoms with Gasteiger partial charge in [-0.2, -0.15) is 0 Å². The largest absolute Gasteiger partial charge is 0.487 e. The highest BCUT2D eigenvalue weighted by atomic mass is 35.5. The Bertz CT molecular complexity index is 468. The second-order valence-electron chi connectivity index (χ2n) is 4.58. The average molecular weight is 320 g/mol. The third kappa shape index (κ3) is 4.01. The number of benzene rings is 1. The Kier molecular flexibility index (Phi) is 6.59. The summed E-state index contributed by atoms with van der Waals surface area (Å²) in [6.45, 7) is 2.69. The van der Waals surface area contributed by atoms with Crippen LogP contribution in [0.4, 0.5) is 0 Å². The number of methoxy groups -OCH3 is 1. The monoisotopic (exact) mass is 319 g/mol. The van der Waals surface area contributed by atoms with Crippen LogP contribution in [0.5, 0.6) is 5.75 Å². The van der Waals surface area contributed by atoms with Crippen molar-refractivity contribution in [1.29, 1.82) is 0 Å². The molecule has 1 saturated heterocycles. The predicted molar refractivity (Wildman–Crippen MR) is 80.9 cm³/mol. The van der Waals surface area contributed by atoms with Crippen molar-refractivity contribution >= 4 is 30.0 Å². The highest BCUT2D eigenvalue weighted by molar-refractivity contribution is 6.32. The van der Waals surface area contributed by atoms with E-state index in [4.69, 9.17) is 21.1 Å². The lowest BCUT2D eigenvalue weighted by molar-refractivity contribution is -0.142. The van der Waals surface area contributed by atoms with Crippen LogP contribution in [-0.2, 0) is 16.0 Å². The Balaban J connectivity index is 0.00000200. The number of halogens is 2. The molecule has 1 aromatic carbocycles. The van der Waals surface area contributed by atoms with Crippen LogP contribution in [0.15, 0.2) is 18.2 Å². The molecule has 1 N–H and O–H groups in total. The summed E-state index contributed by atoms with van der Waals surface area (Å²) in [6, 6.07) is 5.51. The van der Waals surface area contributed by atoms with Gasteiger partial charge in [-0.1, -0.05) is 24.6 Å². The van der Waals surface area contributed by atoms with Crippen LogP contribution in [-0.4, -0.2) is 31.8 Å². The SMILES string of the molecule is CCc1ccc(O[C@H]2CN[C@H](C(=O)OC)C2)c(Cl)c1.Cl. The summed E-state index contributed by atoms with van der Waals surface area (Å²) in [6.07, 6.45) is 1.47. The first-order valence-electron chi connectivity index (χ1n) is 6.40. The number of ether oxygens (including phenoxy) is 2. The van der Waals surface area contributed by atoms with Crippen LogP contribution in [0, 0.1) is 0 Å². The van der Waals surface area contributed by atoms with Gasteiger partial charge in [-0.15, -0.1) is 12.4 Å². The van der Waals surface area contributed by atoms with E-state index < -0.39 is 0 Å². The molecule has 0 spiro atoms. The minimum absolute atomic E-state index is 0. The third-order valence-corrected chi connectivity index (χ3v) is 3.57. The molecule has 1 aliphatic rings. The normalized spacial score (nSPS) is 21.1. The molecule has 6 heteroatoms. The average Bonchev–Trinajstić information content (AvgIpc) is 2.88. The molecule has 0 amide bonds. The van der Waals surface area contributed by atoms with Gasteiger partial charge in [-0.3, -0.25) is 4.79 Å². The fraction of sp³-hybridized carbons (Fsp3) is 0.500. The maximum atomic E-state index is 11.4. The van der Waals surface area contributed by atoms with Crippen molar-refractivity contribution < 1.29 is 14.3 Å². The first-order chi connectivity index (χ1) is 9.13. The molecular weight excluding hydrogens is 301 g/mol. The summed E-state index contributed by atoms with van der Waals surface area (Å²) < 4.78 is 10.5. The van der Waals surface area contributed by atoms with Crippen molar-refractivity contribution in [3.63, 3.8) is 0 Å². The van der Waals surface area contributed by atoms with Crippen LogP contribution in [0.1, 0.15) is 18.9 Å². The molecule has 0 bridgehead atoms. The topological polar surface area (TPSA) is 47.6 Å². The zero-order chi connectivity index (χ0) is 13.8. The summed E-state index contributed by atoms with van der Waals surface area (Å²) in [5, 5.41) is 3.69. The van der Waals surface area contributed by atoms with Gasteiger partial charge < -0.3 is 14.8 Å². The van der Waals surface area contributed by atoms with Crippen molar-refractivity contribution in [2.75, 3.05) is 13.7 Å². The number of hydrogen-bond donors (Lipinski definition) is 1. The van der Waals surface area contributed by atoms with Crippen LogP contribution < -0.4 is 10.1 Å². The first kappa shape index (κ1) is 17.1. The zero-order valence-electron chi connectivity index (χ0n) is 11.5. The maximum Gasteiger partial charge on any atom is 0.323 e. The third-order valence-electron chi connectivity index (χ3n) is 3.27. The highest BCUT2D eigenvalue weighted by Gasteiger charge is 2.31. The van der Waals surface area contributed by atoms with Gasteiger partial charge in [0, 0.05) is 13.0 Å². The van der Waals surface area contributed by atoms with E-state index in [2.05, 4.69) is 12.2 Å². The highest BCUT2D eigenvalue weighted by Crippen LogP contribution is 2.28. The molecule has 1 aliphatic heterocycles. The number of esters is 1. The molecule has 112 valence electrons. The predicted octanol–water partition coefficient (Wildman–Crippen LogP) is 2.61. The van der Waals surface area contributed by atoms with E-state index in [-0.39, 0.29) is 30.5 Å². The van der Waals surface area contributed by atoms with Crippen LogP contribution in [0.3, 0.4) is 0 Å². The molecule has 1 aromatic rings. The summed E-state index contributed by atoms with van der Waals surface area (Å²) in [5.74, 6) is 0.412. The minimum Gasteiger partial charge on any atom is -0.487 e. The van der Waals surface area contributed by atoms with Gasteiger partial charge in [0.05, 0.1) is 12.1 Å². The van der Waals surface area contributed by atoms with Gasteiger partial charge >= 0.3 is 5.97 Å². The number of hydrogen-bond acceptors (Lipinski definition) is 4. The first-order valence-corrected chi connectivity index (χ1v) is 6.78. The van der Waals surface area contributed by atoms with Crippen molar-refractivity contribution in [2.24, 2.45) is 0 Å². The van der Waals surface area contributed by atoms with Gasteiger partial charge in [0.2, 0.25) is 0 Å². The summed E-state index contributed by atoms with van der Waals surface area (Å²) in [7, 11) is 1.39. The molecule has 0 unspecified atom stereocenters. The van der Waals surface area contributed by atoms with Crippen molar-refractivity contribution in [2.45, 2.75) is 31.9 Å². The minimum atomic E-state index is -0.288. The molecule has 1 fully saturated rings. The molecule has 0 saturated carbocycles. The number of carbonyl (C=O) groups is 1. The fourth-order valence-corrected chi connectivity index (χ4v) is 2.40. The van der Waals surface area contributed by atoms with E-state index in [1.165, 1.54) is 12.7 Å². The number of carbonyl (C=O) groups excluding carboxylic acids is 1. The number of aryl methyl sites for hydroxylation is 1. The van der Waals surface area contributed by atoms with E-state index in [0.29, 0.717) is 23.7 Å². The van der Waals surface area contributed by atoms with Gasteiger partial charge in [0.25, 0.3) is 0 Å². The summed E-state index contributed by atoms with van der Waals surface area (Å²) in [4.78, 5) is 11.4. The lowest BCUT2D eigenvalue weighted by Gasteiger charge is -2.14. The van der Waals surface area contributed by atoms with Gasteiger partial charge in [0.15, 0.2) is 0 Å². The molecule has 2 rings (SSSR count). The van der Waals surface area contributed by atoms with Crippen LogP contribution in [0.2, 0.25) is 5.02 Å². The van der Waals surface area contributed by atoms with Crippen molar-refractivity contribution in [3.8, 4) is 5.75 Å². The Labute approximate surface area is 130 Å². The number of rotatable bonds is 4. The van der Waals surface area contributed by atoms with E-state index in [1.807, 2.05) is 18.2 Å². The second kappa shape index (κ2) is 7.72. The van der Waals surface area contributed by atoms with Crippen LogP contribution >= 0.6 is 24.0 Å². The Morgan fingerprint density at radius 2 is 2.25 bits per heavy atom. The van der Waals surface area contributed by atoms with Gasteiger partial charge in [-0.05, 0) is 24.1 Å². The van der Waals surface area contributed by atoms with Gasteiger partial charge in [-0.25, -0.2) is 0 Å². The fourth-order valence-electron chi connectivity index (χ4n) is 2.15. The van der Waals surface area contributed by atoms with E-state index in [0.717, 1.165) is 6.42 Å². The maximum absolute atomic E-state index is 11.4. The molecule has 0 aromatic heterocycles. The molecule has 0 aliphatic carbocycles. The molecule has 2 atom stereocenters. The molecule has 0 radical (unpaired) electrons. The van der Waals surface area contributed by atoms with Crippen molar-refractivity contribution in [1.82, 2.24) is 5.32 Å². The zero-order valence-corrected chi connectivity index (χ0v) is 13.1. The van der Waals surface area contributed by atoms with E-state index >= 15 is 0 Å². The lowest BCUT2D eigenvalue weighted by Crippen LogP contribution is -2.31. The second-order valence-corrected chi connectivity index (χ2v) is 4.99. The molecule has 1 heterocycles. The number of nitrogens with one attached hydrogen (secondary N) is 1. The summed E-state index contributed by atoms with van der Waals surface area (Å²) in [5.41, 5.74) is 1.18. The standard InChI is InChI=1S/C14H18ClNO3.ClH/c1-3-9-4-5-13(11(15)6-9)19-10-7-12(16-8-10)14(17)18-2;/h4-6,10,12,16H,3,7-8H2,1-2H3;1H/t10-,12+;/m1./s1. The Morgan fingerprint density at radius 3 is 2.85 bits per heavy atom. The Hall–Kier alpha value is -0.970. The van der Waals surface area contributed by atoms with Crippen LogP contribution in [0.25, 0.3) is 0 Å². The summed E-state index contributed by atoms with van der Waals surface area (Å²) >= 11 is 6.18. The molecule has 4 nitrogen and oxygen atoms in total.